The van der Waals surface area contributed by atoms with Gasteiger partial charge in [0.1, 0.15) is 6.04 Å². The Morgan fingerprint density at radius 3 is 3.00 bits per heavy atom. The van der Waals surface area contributed by atoms with Crippen molar-refractivity contribution in [1.29, 1.82) is 0 Å². The number of nitrogens with zero attached hydrogens (tertiary/aromatic N) is 1. The largest absolute Gasteiger partial charge is 0.468 e. The molecule has 6 heteroatoms. The fourth-order valence-corrected chi connectivity index (χ4v) is 0.868. The first-order chi connectivity index (χ1) is 5.74. The third-order valence-corrected chi connectivity index (χ3v) is 1.50. The monoisotopic (exact) mass is 205 g/mol. The minimum absolute atomic E-state index is 0. The maximum absolute atomic E-state index is 10.9. The van der Waals surface area contributed by atoms with Gasteiger partial charge < -0.3 is 15.5 Å². The number of esters is 1. The predicted molar refractivity (Wildman–Crippen MR) is 49.5 cm³/mol. The number of hydrogen-bond acceptors (Lipinski definition) is 4. The Balaban J connectivity index is 0.00000144. The second-order valence-corrected chi connectivity index (χ2v) is 2.41. The van der Waals surface area contributed by atoms with E-state index in [1.54, 1.807) is 12.5 Å². The van der Waals surface area contributed by atoms with Crippen molar-refractivity contribution in [2.75, 3.05) is 7.11 Å². The van der Waals surface area contributed by atoms with Crippen LogP contribution in [0.4, 0.5) is 0 Å². The summed E-state index contributed by atoms with van der Waals surface area (Å²) in [5.41, 5.74) is 6.32. The summed E-state index contributed by atoms with van der Waals surface area (Å²) in [6.45, 7) is 0. The number of methoxy groups -OCH3 is 1. The van der Waals surface area contributed by atoms with E-state index in [9.17, 15) is 4.79 Å². The molecule has 0 bridgehead atoms. The van der Waals surface area contributed by atoms with Crippen molar-refractivity contribution in [3.8, 4) is 0 Å². The standard InChI is InChI=1S/C7H11N3O2.ClH/c1-12-7(11)6(8)2-5-3-9-4-10-5;/h3-4,6H,2,8H2,1H3,(H,9,10);1H. The maximum Gasteiger partial charge on any atom is 0.323 e. The molecule has 0 radical (unpaired) electrons. The summed E-state index contributed by atoms with van der Waals surface area (Å²) in [7, 11) is 1.31. The van der Waals surface area contributed by atoms with Crippen molar-refractivity contribution in [3.63, 3.8) is 0 Å². The Morgan fingerprint density at radius 2 is 2.54 bits per heavy atom. The fraction of sp³-hybridized carbons (Fsp3) is 0.429. The van der Waals surface area contributed by atoms with Gasteiger partial charge in [0.25, 0.3) is 0 Å². The molecule has 0 fully saturated rings. The van der Waals surface area contributed by atoms with Gasteiger partial charge in [-0.3, -0.25) is 4.79 Å². The molecule has 5 nitrogen and oxygen atoms in total. The van der Waals surface area contributed by atoms with E-state index in [-0.39, 0.29) is 12.4 Å². The Labute approximate surface area is 82.1 Å². The summed E-state index contributed by atoms with van der Waals surface area (Å²) < 4.78 is 4.46. The van der Waals surface area contributed by atoms with Crippen LogP contribution in [0, 0.1) is 0 Å². The molecule has 1 aromatic heterocycles. The maximum atomic E-state index is 10.9. The molecule has 0 aromatic carbocycles. The van der Waals surface area contributed by atoms with Gasteiger partial charge in [-0.2, -0.15) is 0 Å². The van der Waals surface area contributed by atoms with Crippen LogP contribution in [0.25, 0.3) is 0 Å². The Hall–Kier alpha value is -1.07. The molecular weight excluding hydrogens is 194 g/mol. The van der Waals surface area contributed by atoms with Crippen LogP contribution in [0.2, 0.25) is 0 Å². The predicted octanol–water partition coefficient (Wildman–Crippen LogP) is -0.126. The van der Waals surface area contributed by atoms with Gasteiger partial charge in [0, 0.05) is 18.3 Å². The zero-order valence-electron chi connectivity index (χ0n) is 7.19. The summed E-state index contributed by atoms with van der Waals surface area (Å²) in [5, 5.41) is 0. The van der Waals surface area contributed by atoms with Crippen molar-refractivity contribution in [2.24, 2.45) is 5.73 Å². The summed E-state index contributed by atoms with van der Waals surface area (Å²) >= 11 is 0. The van der Waals surface area contributed by atoms with E-state index in [2.05, 4.69) is 14.7 Å². The van der Waals surface area contributed by atoms with Crippen LogP contribution in [-0.4, -0.2) is 29.1 Å². The number of nitrogens with one attached hydrogen (secondary N) is 1. The number of ether oxygens (including phenoxy) is 1. The molecule has 13 heavy (non-hydrogen) atoms. The van der Waals surface area contributed by atoms with E-state index in [0.717, 1.165) is 5.69 Å². The first-order valence-electron chi connectivity index (χ1n) is 3.54. The summed E-state index contributed by atoms with van der Waals surface area (Å²) in [6.07, 6.45) is 3.59. The molecule has 1 atom stereocenters. The first kappa shape index (κ1) is 11.9. The molecular formula is C7H12ClN3O2. The molecule has 0 saturated carbocycles. The zero-order valence-corrected chi connectivity index (χ0v) is 8.00. The number of rotatable bonds is 3. The molecule has 0 amide bonds. The molecule has 1 rings (SSSR count). The highest BCUT2D eigenvalue weighted by Gasteiger charge is 2.14. The van der Waals surface area contributed by atoms with Crippen LogP contribution in [-0.2, 0) is 16.0 Å². The molecule has 0 spiro atoms. The number of carbonyl (C=O) groups is 1. The number of aromatic amines is 1. The fourth-order valence-electron chi connectivity index (χ4n) is 0.868. The number of H-pyrrole nitrogens is 1. The van der Waals surface area contributed by atoms with E-state index >= 15 is 0 Å². The molecule has 1 aromatic rings. The average Bonchev–Trinajstić information content (AvgIpc) is 2.55. The quantitative estimate of drug-likeness (QED) is 0.674. The number of aromatic nitrogens is 2. The van der Waals surface area contributed by atoms with E-state index in [4.69, 9.17) is 5.73 Å². The SMILES string of the molecule is COC(=O)C(N)Cc1cnc[nH]1.Cl. The highest BCUT2D eigenvalue weighted by atomic mass is 35.5. The Morgan fingerprint density at radius 1 is 1.85 bits per heavy atom. The molecule has 74 valence electrons. The normalized spacial score (nSPS) is 11.5. The van der Waals surface area contributed by atoms with Crippen molar-refractivity contribution < 1.29 is 9.53 Å². The first-order valence-corrected chi connectivity index (χ1v) is 3.54. The summed E-state index contributed by atoms with van der Waals surface area (Å²) in [4.78, 5) is 17.5. The van der Waals surface area contributed by atoms with Gasteiger partial charge in [-0.25, -0.2) is 4.98 Å². The topological polar surface area (TPSA) is 81.0 Å². The summed E-state index contributed by atoms with van der Waals surface area (Å²) in [6, 6.07) is -0.615. The molecule has 0 aliphatic carbocycles. The lowest BCUT2D eigenvalue weighted by molar-refractivity contribution is -0.142. The summed E-state index contributed by atoms with van der Waals surface area (Å²) in [5.74, 6) is -0.412. The minimum atomic E-state index is -0.615. The zero-order chi connectivity index (χ0) is 8.97. The van der Waals surface area contributed by atoms with Crippen LogP contribution in [0.5, 0.6) is 0 Å². The Bertz CT molecular complexity index is 250. The lowest BCUT2D eigenvalue weighted by Crippen LogP contribution is -2.33. The van der Waals surface area contributed by atoms with Gasteiger partial charge >= 0.3 is 5.97 Å². The number of carbonyl (C=O) groups excluding carboxylic acids is 1. The Kier molecular flexibility index (Phi) is 5.10. The van der Waals surface area contributed by atoms with Gasteiger partial charge in [-0.1, -0.05) is 0 Å². The van der Waals surface area contributed by atoms with Gasteiger partial charge in [0.15, 0.2) is 0 Å². The highest BCUT2D eigenvalue weighted by Crippen LogP contribution is 1.96. The molecule has 0 aliphatic rings. The van der Waals surface area contributed by atoms with Crippen LogP contribution in [0.3, 0.4) is 0 Å². The molecule has 1 unspecified atom stereocenters. The lowest BCUT2D eigenvalue weighted by Gasteiger charge is -2.06. The highest BCUT2D eigenvalue weighted by molar-refractivity contribution is 5.85. The van der Waals surface area contributed by atoms with Crippen LogP contribution in [0.1, 0.15) is 5.69 Å². The van der Waals surface area contributed by atoms with E-state index in [1.165, 1.54) is 7.11 Å². The number of nitrogens with two attached hydrogens (primary N) is 1. The molecule has 0 saturated heterocycles. The third-order valence-electron chi connectivity index (χ3n) is 1.50. The van der Waals surface area contributed by atoms with Gasteiger partial charge in [-0.05, 0) is 0 Å². The number of hydrogen-bond donors (Lipinski definition) is 2. The van der Waals surface area contributed by atoms with Crippen LogP contribution in [0.15, 0.2) is 12.5 Å². The van der Waals surface area contributed by atoms with Crippen molar-refractivity contribution >= 4 is 18.4 Å². The van der Waals surface area contributed by atoms with Gasteiger partial charge in [0.2, 0.25) is 0 Å². The molecule has 1 heterocycles. The van der Waals surface area contributed by atoms with Gasteiger partial charge in [0.05, 0.1) is 13.4 Å². The molecule has 0 aliphatic heterocycles. The van der Waals surface area contributed by atoms with E-state index in [0.29, 0.717) is 6.42 Å². The second-order valence-electron chi connectivity index (χ2n) is 2.41. The smallest absolute Gasteiger partial charge is 0.323 e. The second kappa shape index (κ2) is 5.55. The van der Waals surface area contributed by atoms with E-state index in [1.807, 2.05) is 0 Å². The van der Waals surface area contributed by atoms with Gasteiger partial charge in [-0.15, -0.1) is 12.4 Å². The van der Waals surface area contributed by atoms with E-state index < -0.39 is 12.0 Å². The minimum Gasteiger partial charge on any atom is -0.468 e. The average molecular weight is 206 g/mol. The third kappa shape index (κ3) is 3.43. The van der Waals surface area contributed by atoms with Crippen molar-refractivity contribution in [2.45, 2.75) is 12.5 Å². The lowest BCUT2D eigenvalue weighted by atomic mass is 10.2. The van der Waals surface area contributed by atoms with Crippen LogP contribution >= 0.6 is 12.4 Å². The number of halogens is 1. The number of imidazole rings is 1. The van der Waals surface area contributed by atoms with Crippen molar-refractivity contribution in [3.05, 3.63) is 18.2 Å². The molecule has 3 N–H and O–H groups in total. The van der Waals surface area contributed by atoms with Crippen molar-refractivity contribution in [1.82, 2.24) is 9.97 Å². The van der Waals surface area contributed by atoms with Crippen LogP contribution < -0.4 is 5.73 Å².